The Bertz CT molecular complexity index is 1720. The van der Waals surface area contributed by atoms with E-state index in [9.17, 15) is 9.59 Å². The number of rotatable bonds is 15. The Morgan fingerprint density at radius 1 is 0.980 bits per heavy atom. The third kappa shape index (κ3) is 6.98. The van der Waals surface area contributed by atoms with Crippen LogP contribution in [-0.2, 0) is 20.9 Å². The minimum absolute atomic E-state index is 0.0386. The lowest BCUT2D eigenvalue weighted by Crippen LogP contribution is -2.56. The Balaban J connectivity index is 1.53. The highest BCUT2D eigenvalue weighted by Crippen LogP contribution is 2.50. The second-order valence-corrected chi connectivity index (χ2v) is 13.2. The molecule has 3 aromatic carbocycles. The van der Waals surface area contributed by atoms with Crippen LogP contribution >= 0.6 is 0 Å². The molecule has 0 radical (unpaired) electrons. The monoisotopic (exact) mass is 679 g/mol. The first-order valence-corrected chi connectivity index (χ1v) is 17.1. The Morgan fingerprint density at radius 2 is 1.68 bits per heavy atom. The van der Waals surface area contributed by atoms with Crippen LogP contribution < -0.4 is 19.1 Å². The number of hydrogen-bond donors (Lipinski definition) is 0. The number of hydrogen-bond acceptors (Lipinski definition) is 7. The van der Waals surface area contributed by atoms with Gasteiger partial charge in [0.2, 0.25) is 18.6 Å². The predicted molar refractivity (Wildman–Crippen MR) is 190 cm³/mol. The summed E-state index contributed by atoms with van der Waals surface area (Å²) in [6.07, 6.45) is 4.95. The Morgan fingerprint density at radius 3 is 2.30 bits per heavy atom. The highest BCUT2D eigenvalue weighted by atomic mass is 16.7. The lowest BCUT2D eigenvalue weighted by Gasteiger charge is -2.41. The maximum Gasteiger partial charge on any atom is 0.258 e. The highest BCUT2D eigenvalue weighted by molar-refractivity contribution is 6.08. The minimum atomic E-state index is -0.787. The molecular formula is C40H45N3O7. The van der Waals surface area contributed by atoms with Crippen LogP contribution in [0.3, 0.4) is 0 Å². The van der Waals surface area contributed by atoms with Gasteiger partial charge in [-0.1, -0.05) is 56.3 Å². The number of carbonyl (C=O) groups excluding carboxylic acids is 3. The van der Waals surface area contributed by atoms with Crippen molar-refractivity contribution < 1.29 is 33.3 Å². The standard InChI is InChI=1S/C40H45N3O7/c1-6-19-41(38(44)29-15-16-29)36(26(3)4)40(46)42(23-27-13-17-30(47-5)18-14-27)37-31-21-34-35(50-25-49-34)22-32(31)43(33(37)24-48-20-7-2)39(45)28-11-9-8-10-12-28/h6-14,17-18,21-22,26,29,33,36-37H,1-2,15-16,19-20,23-25H2,3-5H3/t33-,36+,37+/m1/s1. The normalized spacial score (nSPS) is 18.0. The zero-order valence-corrected chi connectivity index (χ0v) is 29.0. The van der Waals surface area contributed by atoms with E-state index in [4.69, 9.17) is 18.9 Å². The maximum atomic E-state index is 15.4. The average molecular weight is 680 g/mol. The molecule has 2 aliphatic heterocycles. The third-order valence-corrected chi connectivity index (χ3v) is 9.45. The van der Waals surface area contributed by atoms with Gasteiger partial charge < -0.3 is 33.6 Å². The topological polar surface area (TPSA) is 97.9 Å². The van der Waals surface area contributed by atoms with Crippen molar-refractivity contribution in [2.75, 3.05) is 38.6 Å². The summed E-state index contributed by atoms with van der Waals surface area (Å²) in [7, 11) is 1.61. The molecule has 0 N–H and O–H groups in total. The molecule has 0 saturated heterocycles. The van der Waals surface area contributed by atoms with Crippen molar-refractivity contribution in [2.45, 2.75) is 51.4 Å². The van der Waals surface area contributed by atoms with E-state index in [2.05, 4.69) is 13.2 Å². The van der Waals surface area contributed by atoms with Crippen molar-refractivity contribution >= 4 is 23.4 Å². The molecule has 0 unspecified atom stereocenters. The van der Waals surface area contributed by atoms with Gasteiger partial charge in [-0.05, 0) is 54.7 Å². The molecule has 50 heavy (non-hydrogen) atoms. The number of anilines is 1. The lowest BCUT2D eigenvalue weighted by molar-refractivity contribution is -0.150. The molecule has 10 nitrogen and oxygen atoms in total. The molecule has 1 aliphatic carbocycles. The van der Waals surface area contributed by atoms with Crippen molar-refractivity contribution in [3.05, 3.63) is 109 Å². The zero-order valence-electron chi connectivity index (χ0n) is 29.0. The molecule has 3 amide bonds. The summed E-state index contributed by atoms with van der Waals surface area (Å²) in [5, 5.41) is 0. The van der Waals surface area contributed by atoms with Gasteiger partial charge in [0.15, 0.2) is 11.5 Å². The quantitative estimate of drug-likeness (QED) is 0.140. The van der Waals surface area contributed by atoms with Gasteiger partial charge in [-0.15, -0.1) is 13.2 Å². The van der Waals surface area contributed by atoms with E-state index in [1.54, 1.807) is 41.2 Å². The summed E-state index contributed by atoms with van der Waals surface area (Å²) in [5.74, 6) is 0.905. The molecule has 3 aliphatic rings. The van der Waals surface area contributed by atoms with Crippen LogP contribution in [0.15, 0.2) is 92.0 Å². The van der Waals surface area contributed by atoms with Gasteiger partial charge in [0.05, 0.1) is 38.1 Å². The number of ether oxygens (including phenoxy) is 4. The summed E-state index contributed by atoms with van der Waals surface area (Å²) in [5.41, 5.74) is 2.67. The zero-order chi connectivity index (χ0) is 35.4. The summed E-state index contributed by atoms with van der Waals surface area (Å²) < 4.78 is 23.2. The van der Waals surface area contributed by atoms with Gasteiger partial charge in [-0.2, -0.15) is 0 Å². The van der Waals surface area contributed by atoms with E-state index in [0.717, 1.165) is 24.0 Å². The number of amides is 3. The molecule has 2 heterocycles. The molecule has 0 aromatic heterocycles. The van der Waals surface area contributed by atoms with Crippen LogP contribution in [0.5, 0.6) is 17.2 Å². The molecule has 0 bridgehead atoms. The molecule has 1 fully saturated rings. The lowest BCUT2D eigenvalue weighted by atomic mass is 9.95. The van der Waals surface area contributed by atoms with Crippen LogP contribution in [0.2, 0.25) is 0 Å². The van der Waals surface area contributed by atoms with Gasteiger partial charge in [0, 0.05) is 36.2 Å². The molecular weight excluding hydrogens is 634 g/mol. The van der Waals surface area contributed by atoms with Crippen LogP contribution in [0.4, 0.5) is 5.69 Å². The van der Waals surface area contributed by atoms with Crippen molar-refractivity contribution in [1.82, 2.24) is 9.80 Å². The van der Waals surface area contributed by atoms with E-state index in [1.165, 1.54) is 0 Å². The second kappa shape index (κ2) is 15.2. The first-order valence-electron chi connectivity index (χ1n) is 17.1. The van der Waals surface area contributed by atoms with Crippen molar-refractivity contribution in [2.24, 2.45) is 11.8 Å². The fraction of sp³-hybridized carbons (Fsp3) is 0.375. The number of fused-ring (bicyclic) bond motifs is 2. The molecule has 10 heteroatoms. The first kappa shape index (κ1) is 34.8. The predicted octanol–water partition coefficient (Wildman–Crippen LogP) is 6.17. The number of benzene rings is 3. The summed E-state index contributed by atoms with van der Waals surface area (Å²) in [4.78, 5) is 48.9. The highest BCUT2D eigenvalue weighted by Gasteiger charge is 2.50. The number of methoxy groups -OCH3 is 1. The Labute approximate surface area is 293 Å². The van der Waals surface area contributed by atoms with Gasteiger partial charge >= 0.3 is 0 Å². The molecule has 262 valence electrons. The van der Waals surface area contributed by atoms with Crippen LogP contribution in [0.1, 0.15) is 54.2 Å². The first-order chi connectivity index (χ1) is 24.3. The number of nitrogens with zero attached hydrogens (tertiary/aromatic N) is 3. The Kier molecular flexibility index (Phi) is 10.6. The average Bonchev–Trinajstić information content (AvgIpc) is 3.80. The second-order valence-electron chi connectivity index (χ2n) is 13.2. The van der Waals surface area contributed by atoms with Crippen LogP contribution in [0.25, 0.3) is 0 Å². The van der Waals surface area contributed by atoms with E-state index in [-0.39, 0.29) is 62.7 Å². The van der Waals surface area contributed by atoms with Crippen LogP contribution in [0, 0.1) is 11.8 Å². The van der Waals surface area contributed by atoms with Crippen molar-refractivity contribution in [1.29, 1.82) is 0 Å². The van der Waals surface area contributed by atoms with Gasteiger partial charge in [-0.25, -0.2) is 0 Å². The fourth-order valence-corrected chi connectivity index (χ4v) is 6.95. The summed E-state index contributed by atoms with van der Waals surface area (Å²) >= 11 is 0. The van der Waals surface area contributed by atoms with E-state index < -0.39 is 18.1 Å². The molecule has 6 rings (SSSR count). The summed E-state index contributed by atoms with van der Waals surface area (Å²) in [6.45, 7) is 12.5. The van der Waals surface area contributed by atoms with Crippen LogP contribution in [-0.4, -0.2) is 73.3 Å². The Hall–Kier alpha value is -5.09. The molecule has 1 saturated carbocycles. The largest absolute Gasteiger partial charge is 0.497 e. The smallest absolute Gasteiger partial charge is 0.258 e. The van der Waals surface area contributed by atoms with E-state index >= 15 is 4.79 Å². The molecule has 3 aromatic rings. The van der Waals surface area contributed by atoms with Gasteiger partial charge in [0.25, 0.3) is 5.91 Å². The maximum absolute atomic E-state index is 15.4. The third-order valence-electron chi connectivity index (χ3n) is 9.45. The van der Waals surface area contributed by atoms with Crippen molar-refractivity contribution in [3.63, 3.8) is 0 Å². The van der Waals surface area contributed by atoms with E-state index in [0.29, 0.717) is 28.5 Å². The number of carbonyl (C=O) groups is 3. The minimum Gasteiger partial charge on any atom is -0.497 e. The molecule has 3 atom stereocenters. The molecule has 0 spiro atoms. The van der Waals surface area contributed by atoms with Gasteiger partial charge in [-0.3, -0.25) is 14.4 Å². The SMILES string of the molecule is C=CCOC[C@@H]1[C@@H](N(Cc2ccc(OC)cc2)C(=O)[C@H](C(C)C)N(CC=C)C(=O)C2CC2)c2cc3c(cc2N1C(=O)c1ccccc1)OCO3. The summed E-state index contributed by atoms with van der Waals surface area (Å²) in [6, 6.07) is 18.2. The van der Waals surface area contributed by atoms with E-state index in [1.807, 2.05) is 73.3 Å². The van der Waals surface area contributed by atoms with Gasteiger partial charge in [0.1, 0.15) is 11.8 Å². The van der Waals surface area contributed by atoms with Crippen molar-refractivity contribution in [3.8, 4) is 17.2 Å². The fourth-order valence-electron chi connectivity index (χ4n) is 6.95.